The van der Waals surface area contributed by atoms with Gasteiger partial charge in [0.1, 0.15) is 35.0 Å². The molecule has 37 heavy (non-hydrogen) atoms. The fourth-order valence-electron chi connectivity index (χ4n) is 3.91. The maximum absolute atomic E-state index is 12.9. The first-order chi connectivity index (χ1) is 17.6. The van der Waals surface area contributed by atoms with Crippen LogP contribution in [0.4, 0.5) is 0 Å². The maximum Gasteiger partial charge on any atom is 0.337 e. The lowest BCUT2D eigenvalue weighted by atomic mass is 9.99. The molecule has 0 aliphatic carbocycles. The summed E-state index contributed by atoms with van der Waals surface area (Å²) in [6.45, 7) is 0. The van der Waals surface area contributed by atoms with Crippen LogP contribution in [0.1, 0.15) is 0 Å². The fourth-order valence-corrected chi connectivity index (χ4v) is 3.91. The highest BCUT2D eigenvalue weighted by Crippen LogP contribution is 2.43. The van der Waals surface area contributed by atoms with Crippen LogP contribution in [0.5, 0.6) is 28.7 Å². The molecule has 1 aliphatic heterocycles. The highest BCUT2D eigenvalue weighted by atomic mass is 16.7. The minimum Gasteiger partial charge on any atom is -0.504 e. The summed E-state index contributed by atoms with van der Waals surface area (Å²) < 4.78 is 31.4. The topological polar surface area (TPSA) is 195 Å². The molecule has 0 spiro atoms. The lowest BCUT2D eigenvalue weighted by molar-refractivity contribution is -0.272. The van der Waals surface area contributed by atoms with Crippen molar-refractivity contribution in [3.63, 3.8) is 0 Å². The van der Waals surface area contributed by atoms with Crippen LogP contribution in [0.3, 0.4) is 0 Å². The number of carbonyl (C=O) groups is 1. The van der Waals surface area contributed by atoms with Gasteiger partial charge >= 0.3 is 5.97 Å². The minimum atomic E-state index is -1.85. The van der Waals surface area contributed by atoms with E-state index < -0.39 is 47.9 Å². The molecule has 1 aliphatic rings. The molecular weight excluding hydrogens is 496 g/mol. The number of esters is 1. The molecule has 13 heteroatoms. The van der Waals surface area contributed by atoms with Crippen LogP contribution >= 0.6 is 0 Å². The highest BCUT2D eigenvalue weighted by molar-refractivity contribution is 5.89. The molecule has 1 fully saturated rings. The van der Waals surface area contributed by atoms with Crippen molar-refractivity contribution in [3.05, 3.63) is 40.6 Å². The normalized spacial score (nSPS) is 23.5. The Labute approximate surface area is 208 Å². The summed E-state index contributed by atoms with van der Waals surface area (Å²) in [4.78, 5) is 24.8. The highest BCUT2D eigenvalue weighted by Gasteiger charge is 2.48. The molecule has 198 valence electrons. The molecule has 13 nitrogen and oxygen atoms in total. The van der Waals surface area contributed by atoms with Crippen LogP contribution in [0.15, 0.2) is 39.5 Å². The SMILES string of the molecule is COC(=O)C1OC(Oc2cc3oc(-c4ccc(OC)c(O)c4)cc(=O)c3c(O)c2OC)C(O)C(O)C1O. The van der Waals surface area contributed by atoms with E-state index >= 15 is 0 Å². The van der Waals surface area contributed by atoms with Gasteiger partial charge in [-0.05, 0) is 18.2 Å². The van der Waals surface area contributed by atoms with E-state index in [9.17, 15) is 35.1 Å². The van der Waals surface area contributed by atoms with Crippen molar-refractivity contribution in [3.8, 4) is 40.1 Å². The van der Waals surface area contributed by atoms with E-state index in [1.54, 1.807) is 0 Å². The quantitative estimate of drug-likeness (QED) is 0.278. The summed E-state index contributed by atoms with van der Waals surface area (Å²) in [6, 6.07) is 6.60. The third-order valence-corrected chi connectivity index (χ3v) is 5.83. The number of aliphatic hydroxyl groups excluding tert-OH is 3. The number of phenols is 2. The fraction of sp³-hybridized carbons (Fsp3) is 0.333. The second kappa shape index (κ2) is 10.1. The minimum absolute atomic E-state index is 0.0317. The first-order valence-corrected chi connectivity index (χ1v) is 10.8. The zero-order valence-corrected chi connectivity index (χ0v) is 19.8. The molecule has 0 bridgehead atoms. The number of aromatic hydroxyl groups is 2. The molecule has 5 N–H and O–H groups in total. The zero-order valence-electron chi connectivity index (χ0n) is 19.8. The summed E-state index contributed by atoms with van der Waals surface area (Å²) in [5.41, 5.74) is -0.493. The van der Waals surface area contributed by atoms with Gasteiger partial charge in [0.15, 0.2) is 34.5 Å². The second-order valence-electron chi connectivity index (χ2n) is 8.03. The zero-order chi connectivity index (χ0) is 27.0. The molecule has 2 aromatic carbocycles. The Bertz CT molecular complexity index is 1380. The number of fused-ring (bicyclic) bond motifs is 1. The first kappa shape index (κ1) is 26.0. The van der Waals surface area contributed by atoms with Crippen molar-refractivity contribution in [1.82, 2.24) is 0 Å². The molecule has 2 heterocycles. The number of carbonyl (C=O) groups excluding carboxylic acids is 1. The van der Waals surface area contributed by atoms with Crippen molar-refractivity contribution < 1.29 is 58.4 Å². The van der Waals surface area contributed by atoms with Gasteiger partial charge in [0.05, 0.1) is 21.3 Å². The summed E-state index contributed by atoms with van der Waals surface area (Å²) >= 11 is 0. The largest absolute Gasteiger partial charge is 0.504 e. The van der Waals surface area contributed by atoms with E-state index in [1.807, 2.05) is 0 Å². The first-order valence-electron chi connectivity index (χ1n) is 10.8. The van der Waals surface area contributed by atoms with Gasteiger partial charge in [-0.1, -0.05) is 0 Å². The number of hydrogen-bond donors (Lipinski definition) is 5. The third kappa shape index (κ3) is 4.60. The molecule has 0 saturated carbocycles. The van der Waals surface area contributed by atoms with E-state index in [1.165, 1.54) is 38.5 Å². The standard InChI is InChI=1S/C24H24O13/c1-32-12-5-4-9(6-10(12)25)13-7-11(26)16-14(35-13)8-15(21(33-2)17(16)27)36-24-20(30)18(28)19(29)22(37-24)23(31)34-3/h4-8,18-20,22,24-25,27-30H,1-3H3. The van der Waals surface area contributed by atoms with Gasteiger partial charge in [-0.25, -0.2) is 4.79 Å². The summed E-state index contributed by atoms with van der Waals surface area (Å²) in [5.74, 6) is -2.27. The predicted octanol–water partition coefficient (Wildman–Crippen LogP) is 0.248. The Morgan fingerprint density at radius 1 is 0.919 bits per heavy atom. The number of hydrogen-bond acceptors (Lipinski definition) is 13. The molecular formula is C24H24O13. The van der Waals surface area contributed by atoms with E-state index in [-0.39, 0.29) is 39.7 Å². The number of phenolic OH excluding ortho intramolecular Hbond substituents is 2. The van der Waals surface area contributed by atoms with Gasteiger partial charge in [0, 0.05) is 17.7 Å². The van der Waals surface area contributed by atoms with Crippen LogP contribution in [0.25, 0.3) is 22.3 Å². The Kier molecular flexibility index (Phi) is 7.14. The van der Waals surface area contributed by atoms with Crippen molar-refractivity contribution in [2.24, 2.45) is 0 Å². The summed E-state index contributed by atoms with van der Waals surface area (Å²) in [5, 5.41) is 51.2. The molecule has 0 radical (unpaired) electrons. The van der Waals surface area contributed by atoms with E-state index in [2.05, 4.69) is 4.74 Å². The van der Waals surface area contributed by atoms with Gasteiger partial charge in [0.2, 0.25) is 12.0 Å². The second-order valence-corrected chi connectivity index (χ2v) is 8.03. The van der Waals surface area contributed by atoms with Gasteiger partial charge in [0.25, 0.3) is 0 Å². The van der Waals surface area contributed by atoms with Crippen LogP contribution in [0, 0.1) is 0 Å². The maximum atomic E-state index is 12.9. The smallest absolute Gasteiger partial charge is 0.337 e. The molecule has 4 rings (SSSR count). The Morgan fingerprint density at radius 3 is 2.27 bits per heavy atom. The number of rotatable bonds is 6. The van der Waals surface area contributed by atoms with Crippen LogP contribution in [-0.2, 0) is 14.3 Å². The Morgan fingerprint density at radius 2 is 1.65 bits per heavy atom. The van der Waals surface area contributed by atoms with Crippen molar-refractivity contribution >= 4 is 16.9 Å². The molecule has 0 amide bonds. The van der Waals surface area contributed by atoms with Crippen LogP contribution in [-0.4, -0.2) is 83.5 Å². The number of aliphatic hydroxyl groups is 3. The van der Waals surface area contributed by atoms with Gasteiger partial charge in [-0.3, -0.25) is 4.79 Å². The lowest BCUT2D eigenvalue weighted by Gasteiger charge is -2.38. The average Bonchev–Trinajstić information content (AvgIpc) is 2.88. The molecule has 5 unspecified atom stereocenters. The van der Waals surface area contributed by atoms with E-state index in [4.69, 9.17) is 23.4 Å². The lowest BCUT2D eigenvalue weighted by Crippen LogP contribution is -2.61. The van der Waals surface area contributed by atoms with E-state index in [0.29, 0.717) is 5.56 Å². The van der Waals surface area contributed by atoms with Crippen molar-refractivity contribution in [2.45, 2.75) is 30.7 Å². The Balaban J connectivity index is 1.79. The molecule has 1 aromatic heterocycles. The third-order valence-electron chi connectivity index (χ3n) is 5.83. The molecule has 3 aromatic rings. The van der Waals surface area contributed by atoms with Gasteiger partial charge < -0.3 is 53.6 Å². The van der Waals surface area contributed by atoms with Gasteiger partial charge in [-0.2, -0.15) is 0 Å². The Hall–Kier alpha value is -4.04. The summed E-state index contributed by atoms with van der Waals surface area (Å²) in [7, 11) is 3.60. The van der Waals surface area contributed by atoms with Crippen molar-refractivity contribution in [2.75, 3.05) is 21.3 Å². The molecule has 5 atom stereocenters. The number of ether oxygens (including phenoxy) is 5. The molecule has 1 saturated heterocycles. The monoisotopic (exact) mass is 520 g/mol. The van der Waals surface area contributed by atoms with E-state index in [0.717, 1.165) is 13.2 Å². The van der Waals surface area contributed by atoms with Crippen LogP contribution in [0.2, 0.25) is 0 Å². The predicted molar refractivity (Wildman–Crippen MR) is 124 cm³/mol. The number of benzene rings is 2. The van der Waals surface area contributed by atoms with Gasteiger partial charge in [-0.15, -0.1) is 0 Å². The number of methoxy groups -OCH3 is 3. The van der Waals surface area contributed by atoms with Crippen molar-refractivity contribution in [1.29, 1.82) is 0 Å². The summed E-state index contributed by atoms with van der Waals surface area (Å²) in [6.07, 6.45) is -8.92. The average molecular weight is 520 g/mol. The van der Waals surface area contributed by atoms with Crippen LogP contribution < -0.4 is 19.6 Å².